The summed E-state index contributed by atoms with van der Waals surface area (Å²) >= 11 is 0. The van der Waals surface area contributed by atoms with Gasteiger partial charge in [0.2, 0.25) is 10.0 Å². The molecule has 2 atom stereocenters. The van der Waals surface area contributed by atoms with Crippen LogP contribution >= 0.6 is 0 Å². The molecular weight excluding hydrogens is 282 g/mol. The molecule has 0 saturated carbocycles. The van der Waals surface area contributed by atoms with Gasteiger partial charge in [-0.25, -0.2) is 18.5 Å². The lowest BCUT2D eigenvalue weighted by Gasteiger charge is -2.17. The van der Waals surface area contributed by atoms with E-state index in [2.05, 4.69) is 4.98 Å². The summed E-state index contributed by atoms with van der Waals surface area (Å²) in [5.41, 5.74) is 0. The van der Waals surface area contributed by atoms with Gasteiger partial charge in [0.25, 0.3) is 0 Å². The number of esters is 1. The number of hydrogen-bond donors (Lipinski definition) is 1. The summed E-state index contributed by atoms with van der Waals surface area (Å²) < 4.78 is 27.1. The first kappa shape index (κ1) is 14.7. The maximum atomic E-state index is 11.6. The molecule has 1 aliphatic rings. The second-order valence-corrected chi connectivity index (χ2v) is 6.47. The van der Waals surface area contributed by atoms with Gasteiger partial charge in [-0.1, -0.05) is 6.92 Å². The Hall–Kier alpha value is -1.67. The Balaban J connectivity index is 2.16. The van der Waals surface area contributed by atoms with Crippen LogP contribution in [0.15, 0.2) is 23.2 Å². The molecule has 2 rings (SSSR count). The van der Waals surface area contributed by atoms with E-state index in [0.29, 0.717) is 18.9 Å². The summed E-state index contributed by atoms with van der Waals surface area (Å²) in [5.74, 6) is 0.346. The van der Waals surface area contributed by atoms with E-state index in [1.165, 1.54) is 19.4 Å². The molecule has 2 N–H and O–H groups in total. The number of anilines is 1. The SMILES string of the molecule is COC(=O)C1CN(c2ccc(S(N)(=O)=O)cn2)CC1C. The van der Waals surface area contributed by atoms with Gasteiger partial charge in [-0.15, -0.1) is 0 Å². The normalized spacial score (nSPS) is 22.9. The third kappa shape index (κ3) is 2.91. The van der Waals surface area contributed by atoms with Crippen LogP contribution < -0.4 is 10.0 Å². The van der Waals surface area contributed by atoms with Gasteiger partial charge < -0.3 is 9.64 Å². The lowest BCUT2D eigenvalue weighted by atomic mass is 9.99. The van der Waals surface area contributed by atoms with Gasteiger partial charge in [-0.2, -0.15) is 0 Å². The average molecular weight is 299 g/mol. The Kier molecular flexibility index (Phi) is 3.96. The first-order valence-corrected chi connectivity index (χ1v) is 7.69. The number of ether oxygens (including phenoxy) is 1. The van der Waals surface area contributed by atoms with Gasteiger partial charge in [0.15, 0.2) is 0 Å². The zero-order valence-electron chi connectivity index (χ0n) is 11.3. The van der Waals surface area contributed by atoms with Crippen molar-refractivity contribution in [1.82, 2.24) is 4.98 Å². The molecule has 0 radical (unpaired) electrons. The average Bonchev–Trinajstić information content (AvgIpc) is 2.79. The summed E-state index contributed by atoms with van der Waals surface area (Å²) in [4.78, 5) is 17.6. The molecule has 1 saturated heterocycles. The van der Waals surface area contributed by atoms with Crippen molar-refractivity contribution in [2.24, 2.45) is 17.0 Å². The van der Waals surface area contributed by atoms with Crippen LogP contribution in [0.3, 0.4) is 0 Å². The van der Waals surface area contributed by atoms with Gasteiger partial charge in [0.1, 0.15) is 10.7 Å². The largest absolute Gasteiger partial charge is 0.469 e. The van der Waals surface area contributed by atoms with Crippen molar-refractivity contribution in [2.75, 3.05) is 25.1 Å². The fourth-order valence-electron chi connectivity index (χ4n) is 2.34. The van der Waals surface area contributed by atoms with Crippen molar-refractivity contribution in [1.29, 1.82) is 0 Å². The monoisotopic (exact) mass is 299 g/mol. The molecule has 0 aromatic carbocycles. The Morgan fingerprint density at radius 1 is 1.45 bits per heavy atom. The van der Waals surface area contributed by atoms with E-state index in [4.69, 9.17) is 9.88 Å². The number of hydrogen-bond acceptors (Lipinski definition) is 6. The van der Waals surface area contributed by atoms with Crippen molar-refractivity contribution in [3.05, 3.63) is 18.3 Å². The lowest BCUT2D eigenvalue weighted by Crippen LogP contribution is -2.25. The Morgan fingerprint density at radius 2 is 2.15 bits per heavy atom. The quantitative estimate of drug-likeness (QED) is 0.787. The van der Waals surface area contributed by atoms with E-state index in [0.717, 1.165) is 0 Å². The van der Waals surface area contributed by atoms with Crippen LogP contribution in [0.5, 0.6) is 0 Å². The molecule has 7 nitrogen and oxygen atoms in total. The molecule has 2 unspecified atom stereocenters. The molecule has 1 fully saturated rings. The van der Waals surface area contributed by atoms with Crippen molar-refractivity contribution in [3.63, 3.8) is 0 Å². The predicted molar refractivity (Wildman–Crippen MR) is 72.5 cm³/mol. The zero-order chi connectivity index (χ0) is 14.9. The highest BCUT2D eigenvalue weighted by Crippen LogP contribution is 2.27. The van der Waals surface area contributed by atoms with Crippen LogP contribution in [-0.2, 0) is 19.6 Å². The van der Waals surface area contributed by atoms with E-state index >= 15 is 0 Å². The highest BCUT2D eigenvalue weighted by atomic mass is 32.2. The summed E-state index contributed by atoms with van der Waals surface area (Å²) in [7, 11) is -2.37. The van der Waals surface area contributed by atoms with E-state index in [1.807, 2.05) is 11.8 Å². The first-order valence-electron chi connectivity index (χ1n) is 6.14. The number of nitrogens with two attached hydrogens (primary N) is 1. The number of primary sulfonamides is 1. The number of nitrogens with zero attached hydrogens (tertiary/aromatic N) is 2. The van der Waals surface area contributed by atoms with Crippen LogP contribution in [0.4, 0.5) is 5.82 Å². The number of sulfonamides is 1. The van der Waals surface area contributed by atoms with Gasteiger partial charge in [0.05, 0.1) is 13.0 Å². The third-order valence-electron chi connectivity index (χ3n) is 3.49. The number of rotatable bonds is 3. The molecule has 110 valence electrons. The van der Waals surface area contributed by atoms with E-state index < -0.39 is 10.0 Å². The van der Waals surface area contributed by atoms with Crippen molar-refractivity contribution in [3.8, 4) is 0 Å². The molecular formula is C12H17N3O4S. The minimum absolute atomic E-state index is 0.0296. The fraction of sp³-hybridized carbons (Fsp3) is 0.500. The summed E-state index contributed by atoms with van der Waals surface area (Å²) in [6.07, 6.45) is 1.22. The number of carbonyl (C=O) groups excluding carboxylic acids is 1. The van der Waals surface area contributed by atoms with Crippen LogP contribution in [-0.4, -0.2) is 39.6 Å². The molecule has 1 aromatic rings. The van der Waals surface area contributed by atoms with Gasteiger partial charge in [0, 0.05) is 19.3 Å². The zero-order valence-corrected chi connectivity index (χ0v) is 12.1. The first-order chi connectivity index (χ1) is 9.32. The Bertz CT molecular complexity index is 600. The molecule has 2 heterocycles. The molecule has 0 bridgehead atoms. The molecule has 1 aliphatic heterocycles. The number of methoxy groups -OCH3 is 1. The van der Waals surface area contributed by atoms with Crippen molar-refractivity contribution in [2.45, 2.75) is 11.8 Å². The highest BCUT2D eigenvalue weighted by Gasteiger charge is 2.36. The van der Waals surface area contributed by atoms with Gasteiger partial charge >= 0.3 is 5.97 Å². The van der Waals surface area contributed by atoms with Crippen molar-refractivity contribution >= 4 is 21.8 Å². The molecule has 8 heteroatoms. The van der Waals surface area contributed by atoms with Crippen molar-refractivity contribution < 1.29 is 17.9 Å². The number of carbonyl (C=O) groups is 1. The minimum Gasteiger partial charge on any atom is -0.469 e. The fourth-order valence-corrected chi connectivity index (χ4v) is 2.80. The Morgan fingerprint density at radius 3 is 2.65 bits per heavy atom. The van der Waals surface area contributed by atoms with E-state index in [9.17, 15) is 13.2 Å². The topological polar surface area (TPSA) is 103 Å². The molecule has 0 aliphatic carbocycles. The predicted octanol–water partition coefficient (Wildman–Crippen LogP) is -0.0257. The summed E-state index contributed by atoms with van der Waals surface area (Å²) in [6, 6.07) is 3.00. The van der Waals surface area contributed by atoms with Crippen LogP contribution in [0, 0.1) is 11.8 Å². The maximum absolute atomic E-state index is 11.6. The second-order valence-electron chi connectivity index (χ2n) is 4.91. The summed E-state index contributed by atoms with van der Waals surface area (Å²) in [6.45, 7) is 3.15. The second kappa shape index (κ2) is 5.37. The van der Waals surface area contributed by atoms with E-state index in [-0.39, 0.29) is 22.7 Å². The lowest BCUT2D eigenvalue weighted by molar-refractivity contribution is -0.145. The van der Waals surface area contributed by atoms with Gasteiger partial charge in [-0.3, -0.25) is 4.79 Å². The van der Waals surface area contributed by atoms with Crippen LogP contribution in [0.1, 0.15) is 6.92 Å². The summed E-state index contributed by atoms with van der Waals surface area (Å²) in [5, 5.41) is 5.02. The molecule has 20 heavy (non-hydrogen) atoms. The third-order valence-corrected chi connectivity index (χ3v) is 4.39. The van der Waals surface area contributed by atoms with Crippen LogP contribution in [0.25, 0.3) is 0 Å². The highest BCUT2D eigenvalue weighted by molar-refractivity contribution is 7.89. The smallest absolute Gasteiger partial charge is 0.310 e. The number of aromatic nitrogens is 1. The maximum Gasteiger partial charge on any atom is 0.310 e. The molecule has 0 spiro atoms. The van der Waals surface area contributed by atoms with E-state index in [1.54, 1.807) is 6.07 Å². The Labute approximate surface area is 117 Å². The van der Waals surface area contributed by atoms with Crippen LogP contribution in [0.2, 0.25) is 0 Å². The molecule has 0 amide bonds. The minimum atomic E-state index is -3.74. The molecule has 1 aromatic heterocycles. The van der Waals surface area contributed by atoms with Gasteiger partial charge in [-0.05, 0) is 18.1 Å². The standard InChI is InChI=1S/C12H17N3O4S/c1-8-6-15(7-10(8)12(16)19-2)11-4-3-9(5-14-11)20(13,17)18/h3-5,8,10H,6-7H2,1-2H3,(H2,13,17,18). The number of pyridine rings is 1.